The van der Waals surface area contributed by atoms with E-state index in [1.54, 1.807) is 11.8 Å². The van der Waals surface area contributed by atoms with Crippen molar-refractivity contribution in [1.82, 2.24) is 19.9 Å². The first kappa shape index (κ1) is 15.2. The van der Waals surface area contributed by atoms with Gasteiger partial charge in [-0.05, 0) is 18.4 Å². The Kier molecular flexibility index (Phi) is 6.03. The topological polar surface area (TPSA) is 144 Å². The van der Waals surface area contributed by atoms with Gasteiger partial charge in [0.1, 0.15) is 17.9 Å². The lowest BCUT2D eigenvalue weighted by Crippen LogP contribution is -2.30. The number of aliphatic carboxylic acids is 1. The van der Waals surface area contributed by atoms with Gasteiger partial charge in [0.05, 0.1) is 6.33 Å². The highest BCUT2D eigenvalue weighted by molar-refractivity contribution is 7.98. The van der Waals surface area contributed by atoms with Gasteiger partial charge in [-0.2, -0.15) is 11.8 Å². The molecule has 0 fully saturated rings. The van der Waals surface area contributed by atoms with Gasteiger partial charge in [-0.3, -0.25) is 4.79 Å². The Morgan fingerprint density at radius 3 is 2.84 bits per heavy atom. The highest BCUT2D eigenvalue weighted by Gasteiger charge is 2.08. The van der Waals surface area contributed by atoms with Gasteiger partial charge in [-0.1, -0.05) is 0 Å². The van der Waals surface area contributed by atoms with Crippen LogP contribution in [0.25, 0.3) is 11.2 Å². The van der Waals surface area contributed by atoms with Crippen molar-refractivity contribution >= 4 is 34.7 Å². The number of aromatic amines is 1. The Labute approximate surface area is 114 Å². The monoisotopic (exact) mass is 284 g/mol. The smallest absolute Gasteiger partial charge is 0.320 e. The molecular weight excluding hydrogens is 268 g/mol. The van der Waals surface area contributed by atoms with E-state index in [1.807, 2.05) is 6.26 Å². The molecule has 2 aromatic heterocycles. The molecule has 2 heterocycles. The maximum Gasteiger partial charge on any atom is 0.320 e. The van der Waals surface area contributed by atoms with Crippen LogP contribution in [0.2, 0.25) is 0 Å². The maximum atomic E-state index is 10.1. The van der Waals surface area contributed by atoms with E-state index >= 15 is 0 Å². The number of anilines is 1. The standard InChI is InChI=1S/C5H5N5.C5H11NO2S/c6-4-3-5(9-1-7-3)10-2-8-4;1-9-3-2-4(6)5(7)8/h1-2H,(H3,6,7,8,9,10);4H,2-3,6H2,1H3,(H,7,8). The van der Waals surface area contributed by atoms with Crippen molar-refractivity contribution in [2.75, 3.05) is 17.7 Å². The number of imidazole rings is 1. The first-order valence-electron chi connectivity index (χ1n) is 5.43. The number of hydrogen-bond donors (Lipinski definition) is 4. The molecule has 0 aliphatic rings. The summed E-state index contributed by atoms with van der Waals surface area (Å²) in [6.45, 7) is 0. The molecule has 0 radical (unpaired) electrons. The zero-order valence-corrected chi connectivity index (χ0v) is 11.2. The van der Waals surface area contributed by atoms with Crippen molar-refractivity contribution < 1.29 is 9.90 Å². The van der Waals surface area contributed by atoms with Crippen molar-refractivity contribution in [1.29, 1.82) is 0 Å². The third-order valence-corrected chi connectivity index (χ3v) is 2.85. The molecule has 1 unspecified atom stereocenters. The summed E-state index contributed by atoms with van der Waals surface area (Å²) in [5.41, 5.74) is 12.0. The van der Waals surface area contributed by atoms with Crippen molar-refractivity contribution in [3.05, 3.63) is 12.7 Å². The molecule has 19 heavy (non-hydrogen) atoms. The van der Waals surface area contributed by atoms with E-state index in [4.69, 9.17) is 16.6 Å². The molecule has 0 aliphatic carbocycles. The molecule has 6 N–H and O–H groups in total. The van der Waals surface area contributed by atoms with Crippen LogP contribution in [-0.2, 0) is 4.79 Å². The van der Waals surface area contributed by atoms with E-state index in [-0.39, 0.29) is 0 Å². The van der Waals surface area contributed by atoms with Gasteiger partial charge < -0.3 is 21.6 Å². The number of aromatic nitrogens is 4. The van der Waals surface area contributed by atoms with E-state index in [1.165, 1.54) is 12.7 Å². The Morgan fingerprint density at radius 2 is 2.26 bits per heavy atom. The summed E-state index contributed by atoms with van der Waals surface area (Å²) >= 11 is 1.60. The highest BCUT2D eigenvalue weighted by Crippen LogP contribution is 2.09. The lowest BCUT2D eigenvalue weighted by Gasteiger charge is -2.02. The van der Waals surface area contributed by atoms with Crippen molar-refractivity contribution in [2.24, 2.45) is 5.73 Å². The Hall–Kier alpha value is -1.87. The summed E-state index contributed by atoms with van der Waals surface area (Å²) in [6, 6.07) is -0.683. The molecular formula is C10H16N6O2S. The van der Waals surface area contributed by atoms with Crippen LogP contribution in [0.15, 0.2) is 12.7 Å². The van der Waals surface area contributed by atoms with Gasteiger partial charge in [0, 0.05) is 0 Å². The zero-order valence-electron chi connectivity index (χ0n) is 10.4. The predicted octanol–water partition coefficient (Wildman–Crippen LogP) is 0.0865. The molecule has 0 spiro atoms. The lowest BCUT2D eigenvalue weighted by atomic mass is 10.2. The van der Waals surface area contributed by atoms with Gasteiger partial charge in [0.25, 0.3) is 0 Å². The minimum atomic E-state index is -0.913. The summed E-state index contributed by atoms with van der Waals surface area (Å²) in [6.07, 6.45) is 5.40. The number of hydrogen-bond acceptors (Lipinski definition) is 7. The fourth-order valence-electron chi connectivity index (χ4n) is 1.15. The van der Waals surface area contributed by atoms with Crippen LogP contribution >= 0.6 is 11.8 Å². The van der Waals surface area contributed by atoms with Crippen LogP contribution in [0.3, 0.4) is 0 Å². The second-order valence-corrected chi connectivity index (χ2v) is 4.57. The number of rotatable bonds is 4. The van der Waals surface area contributed by atoms with Gasteiger partial charge >= 0.3 is 5.97 Å². The first-order valence-corrected chi connectivity index (χ1v) is 6.82. The average Bonchev–Trinajstić information content (AvgIpc) is 2.86. The van der Waals surface area contributed by atoms with Crippen LogP contribution in [0.4, 0.5) is 5.82 Å². The van der Waals surface area contributed by atoms with Crippen molar-refractivity contribution in [3.8, 4) is 0 Å². The molecule has 2 rings (SSSR count). The number of nitrogens with zero attached hydrogens (tertiary/aromatic N) is 3. The molecule has 9 heteroatoms. The first-order chi connectivity index (χ1) is 9.06. The molecule has 104 valence electrons. The fourth-order valence-corrected chi connectivity index (χ4v) is 1.64. The largest absolute Gasteiger partial charge is 0.480 e. The number of nitrogen functional groups attached to an aromatic ring is 1. The van der Waals surface area contributed by atoms with E-state index < -0.39 is 12.0 Å². The van der Waals surface area contributed by atoms with Gasteiger partial charge in [0.2, 0.25) is 0 Å². The number of H-pyrrole nitrogens is 1. The molecule has 0 amide bonds. The molecule has 0 bridgehead atoms. The minimum Gasteiger partial charge on any atom is -0.480 e. The lowest BCUT2D eigenvalue weighted by molar-refractivity contribution is -0.138. The van der Waals surface area contributed by atoms with E-state index in [0.717, 1.165) is 5.75 Å². The minimum absolute atomic E-state index is 0.433. The van der Waals surface area contributed by atoms with Crippen LogP contribution in [0.5, 0.6) is 0 Å². The summed E-state index contributed by atoms with van der Waals surface area (Å²) in [5, 5.41) is 8.27. The van der Waals surface area contributed by atoms with Gasteiger partial charge in [0.15, 0.2) is 11.5 Å². The number of fused-ring (bicyclic) bond motifs is 1. The van der Waals surface area contributed by atoms with Crippen LogP contribution < -0.4 is 11.5 Å². The van der Waals surface area contributed by atoms with Gasteiger partial charge in [-0.15, -0.1) is 0 Å². The number of carboxylic acid groups (broad SMARTS) is 1. The van der Waals surface area contributed by atoms with Crippen LogP contribution in [0, 0.1) is 0 Å². The quantitative estimate of drug-likeness (QED) is 0.618. The number of thioether (sulfide) groups is 1. The Morgan fingerprint density at radius 1 is 1.53 bits per heavy atom. The normalized spacial score (nSPS) is 11.7. The summed E-state index contributed by atoms with van der Waals surface area (Å²) in [5.74, 6) is 0.333. The number of carbonyl (C=O) groups is 1. The van der Waals surface area contributed by atoms with Crippen molar-refractivity contribution in [3.63, 3.8) is 0 Å². The molecule has 8 nitrogen and oxygen atoms in total. The van der Waals surface area contributed by atoms with Crippen molar-refractivity contribution in [2.45, 2.75) is 12.5 Å². The maximum absolute atomic E-state index is 10.1. The van der Waals surface area contributed by atoms with E-state index in [9.17, 15) is 4.79 Å². The van der Waals surface area contributed by atoms with Crippen LogP contribution in [0.1, 0.15) is 6.42 Å². The predicted molar refractivity (Wildman–Crippen MR) is 74.7 cm³/mol. The average molecular weight is 284 g/mol. The van der Waals surface area contributed by atoms with E-state index in [2.05, 4.69) is 19.9 Å². The summed E-state index contributed by atoms with van der Waals surface area (Å²) < 4.78 is 0. The highest BCUT2D eigenvalue weighted by atomic mass is 32.2. The third kappa shape index (κ3) is 4.72. The van der Waals surface area contributed by atoms with Gasteiger partial charge in [-0.25, -0.2) is 15.0 Å². The SMILES string of the molecule is CSCCC(N)C(=O)O.Nc1ncnc2nc[nH]c12. The molecule has 0 aromatic carbocycles. The second kappa shape index (κ2) is 7.54. The molecule has 2 aromatic rings. The Balaban J connectivity index is 0.000000192. The second-order valence-electron chi connectivity index (χ2n) is 3.59. The number of carboxylic acids is 1. The summed E-state index contributed by atoms with van der Waals surface area (Å²) in [7, 11) is 0. The molecule has 1 atom stereocenters. The Bertz CT molecular complexity index is 531. The molecule has 0 aliphatic heterocycles. The fraction of sp³-hybridized carbons (Fsp3) is 0.400. The molecule has 0 saturated carbocycles. The number of nitrogens with one attached hydrogen (secondary N) is 1. The zero-order chi connectivity index (χ0) is 14.3. The third-order valence-electron chi connectivity index (χ3n) is 2.20. The van der Waals surface area contributed by atoms with Crippen LogP contribution in [-0.4, -0.2) is 49.1 Å². The summed E-state index contributed by atoms with van der Waals surface area (Å²) in [4.78, 5) is 24.4. The molecule has 0 saturated heterocycles. The van der Waals surface area contributed by atoms with E-state index in [0.29, 0.717) is 23.4 Å². The number of nitrogens with two attached hydrogens (primary N) is 2.